The molecule has 0 spiro atoms. The first-order valence-electron chi connectivity index (χ1n) is 11.6. The van der Waals surface area contributed by atoms with Gasteiger partial charge in [-0.25, -0.2) is 9.97 Å². The predicted molar refractivity (Wildman–Crippen MR) is 138 cm³/mol. The molecule has 1 saturated heterocycles. The summed E-state index contributed by atoms with van der Waals surface area (Å²) in [6.07, 6.45) is 4.02. The number of hydrogen-bond acceptors (Lipinski definition) is 8. The van der Waals surface area contributed by atoms with E-state index < -0.39 is 0 Å². The van der Waals surface area contributed by atoms with Gasteiger partial charge in [-0.2, -0.15) is 4.98 Å². The zero-order valence-electron chi connectivity index (χ0n) is 19.6. The average molecular weight is 469 g/mol. The molecule has 35 heavy (non-hydrogen) atoms. The van der Waals surface area contributed by atoms with E-state index in [0.717, 1.165) is 47.9 Å². The van der Waals surface area contributed by atoms with Crippen LogP contribution in [0.15, 0.2) is 79.0 Å². The molecule has 1 fully saturated rings. The molecule has 1 unspecified atom stereocenters. The second-order valence-corrected chi connectivity index (χ2v) is 8.41. The molecular weight excluding hydrogens is 440 g/mol. The second-order valence-electron chi connectivity index (χ2n) is 8.41. The van der Waals surface area contributed by atoms with Crippen LogP contribution in [0.4, 0.5) is 23.3 Å². The molecule has 8 heteroatoms. The highest BCUT2D eigenvalue weighted by Crippen LogP contribution is 2.30. The van der Waals surface area contributed by atoms with Crippen LogP contribution in [0.3, 0.4) is 0 Å². The molecule has 0 bridgehead atoms. The zero-order chi connectivity index (χ0) is 24.0. The summed E-state index contributed by atoms with van der Waals surface area (Å²) in [5.41, 5.74) is 8.53. The van der Waals surface area contributed by atoms with Gasteiger partial charge in [-0.15, -0.1) is 0 Å². The van der Waals surface area contributed by atoms with Gasteiger partial charge in [-0.05, 0) is 31.0 Å². The normalized spacial score (nSPS) is 15.2. The molecule has 2 aromatic heterocycles. The van der Waals surface area contributed by atoms with Crippen molar-refractivity contribution in [3.8, 4) is 22.8 Å². The van der Waals surface area contributed by atoms with Crippen molar-refractivity contribution in [1.82, 2.24) is 15.0 Å². The van der Waals surface area contributed by atoms with Crippen molar-refractivity contribution >= 4 is 23.3 Å². The van der Waals surface area contributed by atoms with E-state index in [1.165, 1.54) is 0 Å². The minimum atomic E-state index is 0.208. The van der Waals surface area contributed by atoms with Crippen LogP contribution in [0.5, 0.6) is 11.5 Å². The molecule has 8 nitrogen and oxygen atoms in total. The molecule has 3 N–H and O–H groups in total. The third-order valence-electron chi connectivity index (χ3n) is 5.90. The number of pyridine rings is 1. The molecule has 5 rings (SSSR count). The third-order valence-corrected chi connectivity index (χ3v) is 5.90. The Hall–Kier alpha value is -4.17. The summed E-state index contributed by atoms with van der Waals surface area (Å²) in [7, 11) is 1.74. The second kappa shape index (κ2) is 10.4. The van der Waals surface area contributed by atoms with Gasteiger partial charge in [0.15, 0.2) is 0 Å². The predicted octanol–water partition coefficient (Wildman–Crippen LogP) is 5.27. The summed E-state index contributed by atoms with van der Waals surface area (Å²) >= 11 is 0. The summed E-state index contributed by atoms with van der Waals surface area (Å²) in [5.74, 6) is 3.15. The Kier molecular flexibility index (Phi) is 6.72. The van der Waals surface area contributed by atoms with Gasteiger partial charge in [0.05, 0.1) is 18.3 Å². The lowest BCUT2D eigenvalue weighted by atomic mass is 10.1. The number of nitrogens with one attached hydrogen (secondary N) is 1. The van der Waals surface area contributed by atoms with E-state index in [1.54, 1.807) is 13.3 Å². The van der Waals surface area contributed by atoms with Gasteiger partial charge in [-0.3, -0.25) is 0 Å². The molecule has 1 aliphatic rings. The topological polar surface area (TPSA) is 98.4 Å². The molecule has 0 radical (unpaired) electrons. The Morgan fingerprint density at radius 1 is 1.00 bits per heavy atom. The fraction of sp³-hybridized carbons (Fsp3) is 0.222. The van der Waals surface area contributed by atoms with Crippen LogP contribution in [0.1, 0.15) is 12.8 Å². The summed E-state index contributed by atoms with van der Waals surface area (Å²) in [4.78, 5) is 15.6. The first-order valence-corrected chi connectivity index (χ1v) is 11.6. The number of rotatable bonds is 8. The fourth-order valence-electron chi connectivity index (χ4n) is 4.33. The standard InChI is InChI=1S/C27H28N6O2/c1-34-18-21-10-6-14-33(21)26-16-23(12-13-29-26)35-22-11-5-9-20(15-22)30-25-17-24(31-27(28)32-25)19-7-3-2-4-8-19/h2-5,7-9,11-13,15-17,21H,6,10,14,18H2,1H3,(H3,28,30,31,32). The van der Waals surface area contributed by atoms with Crippen molar-refractivity contribution < 1.29 is 9.47 Å². The first-order chi connectivity index (χ1) is 17.2. The smallest absolute Gasteiger partial charge is 0.222 e. The van der Waals surface area contributed by atoms with Gasteiger partial charge >= 0.3 is 0 Å². The van der Waals surface area contributed by atoms with Gasteiger partial charge in [0, 0.05) is 49.3 Å². The number of anilines is 4. The van der Waals surface area contributed by atoms with Crippen LogP contribution in [0, 0.1) is 0 Å². The highest BCUT2D eigenvalue weighted by atomic mass is 16.5. The molecule has 0 aliphatic carbocycles. The van der Waals surface area contributed by atoms with Crippen LogP contribution in [0.25, 0.3) is 11.3 Å². The van der Waals surface area contributed by atoms with Crippen LogP contribution < -0.4 is 20.7 Å². The Morgan fingerprint density at radius 2 is 1.86 bits per heavy atom. The maximum Gasteiger partial charge on any atom is 0.222 e. The van der Waals surface area contributed by atoms with Gasteiger partial charge in [0.2, 0.25) is 5.95 Å². The van der Waals surface area contributed by atoms with Gasteiger partial charge in [0.1, 0.15) is 23.1 Å². The minimum Gasteiger partial charge on any atom is -0.457 e. The molecule has 0 amide bonds. The number of ether oxygens (including phenoxy) is 2. The van der Waals surface area contributed by atoms with Gasteiger partial charge in [0.25, 0.3) is 0 Å². The van der Waals surface area contributed by atoms with Crippen molar-refractivity contribution in [2.75, 3.05) is 36.2 Å². The number of nitrogen functional groups attached to an aromatic ring is 1. The Balaban J connectivity index is 1.32. The number of hydrogen-bond donors (Lipinski definition) is 2. The molecule has 1 aliphatic heterocycles. The number of nitrogens with zero attached hydrogens (tertiary/aromatic N) is 4. The number of aromatic nitrogens is 3. The SMILES string of the molecule is COCC1CCCN1c1cc(Oc2cccc(Nc3cc(-c4ccccc4)nc(N)n3)c2)ccn1. The van der Waals surface area contributed by atoms with Crippen LogP contribution in [0.2, 0.25) is 0 Å². The largest absolute Gasteiger partial charge is 0.457 e. The van der Waals surface area contributed by atoms with E-state index in [-0.39, 0.29) is 5.95 Å². The van der Waals surface area contributed by atoms with Crippen molar-refractivity contribution in [3.63, 3.8) is 0 Å². The molecule has 3 heterocycles. The lowest BCUT2D eigenvalue weighted by molar-refractivity contribution is 0.180. The fourth-order valence-corrected chi connectivity index (χ4v) is 4.33. The molecule has 2 aromatic carbocycles. The lowest BCUT2D eigenvalue weighted by Crippen LogP contribution is -2.33. The zero-order valence-corrected chi connectivity index (χ0v) is 19.6. The monoisotopic (exact) mass is 468 g/mol. The average Bonchev–Trinajstić information content (AvgIpc) is 3.33. The molecular formula is C27H28N6O2. The summed E-state index contributed by atoms with van der Waals surface area (Å²) in [5, 5.41) is 3.31. The minimum absolute atomic E-state index is 0.208. The maximum atomic E-state index is 6.17. The van der Waals surface area contributed by atoms with Crippen molar-refractivity contribution in [3.05, 3.63) is 79.0 Å². The Labute approximate surface area is 204 Å². The summed E-state index contributed by atoms with van der Waals surface area (Å²) < 4.78 is 11.6. The Morgan fingerprint density at radius 3 is 2.71 bits per heavy atom. The van der Waals surface area contributed by atoms with E-state index in [4.69, 9.17) is 15.2 Å². The van der Waals surface area contributed by atoms with Crippen molar-refractivity contribution in [2.24, 2.45) is 0 Å². The lowest BCUT2D eigenvalue weighted by Gasteiger charge is -2.25. The van der Waals surface area contributed by atoms with E-state index in [9.17, 15) is 0 Å². The molecule has 1 atom stereocenters. The molecule has 178 valence electrons. The maximum absolute atomic E-state index is 6.17. The van der Waals surface area contributed by atoms with Gasteiger partial charge in [-0.1, -0.05) is 36.4 Å². The van der Waals surface area contributed by atoms with Crippen LogP contribution in [-0.4, -0.2) is 41.3 Å². The summed E-state index contributed by atoms with van der Waals surface area (Å²) in [6.45, 7) is 1.66. The first kappa shape index (κ1) is 22.6. The Bertz CT molecular complexity index is 1280. The van der Waals surface area contributed by atoms with Crippen LogP contribution >= 0.6 is 0 Å². The molecule has 4 aromatic rings. The van der Waals surface area contributed by atoms with E-state index in [1.807, 2.05) is 72.8 Å². The van der Waals surface area contributed by atoms with Gasteiger partial charge < -0.3 is 25.4 Å². The summed E-state index contributed by atoms with van der Waals surface area (Å²) in [6, 6.07) is 23.6. The number of nitrogens with two attached hydrogens (primary N) is 1. The van der Waals surface area contributed by atoms with Crippen LogP contribution in [-0.2, 0) is 4.74 Å². The number of methoxy groups -OCH3 is 1. The van der Waals surface area contributed by atoms with Crippen molar-refractivity contribution in [2.45, 2.75) is 18.9 Å². The van der Waals surface area contributed by atoms with E-state index in [0.29, 0.717) is 24.2 Å². The highest BCUT2D eigenvalue weighted by Gasteiger charge is 2.25. The molecule has 0 saturated carbocycles. The third kappa shape index (κ3) is 5.50. The van der Waals surface area contributed by atoms with Crippen molar-refractivity contribution in [1.29, 1.82) is 0 Å². The quantitative estimate of drug-likeness (QED) is 0.361. The van der Waals surface area contributed by atoms with E-state index >= 15 is 0 Å². The number of benzene rings is 2. The highest BCUT2D eigenvalue weighted by molar-refractivity contribution is 5.67. The van der Waals surface area contributed by atoms with E-state index in [2.05, 4.69) is 25.2 Å².